The first-order valence-electron chi connectivity index (χ1n) is 13.9. The zero-order valence-electron chi connectivity index (χ0n) is 23.8. The normalized spacial score (nSPS) is 21.1. The topological polar surface area (TPSA) is 127 Å². The highest BCUT2D eigenvalue weighted by Gasteiger charge is 2.39. The van der Waals surface area contributed by atoms with E-state index in [-0.39, 0.29) is 30.1 Å². The number of piperidine rings is 1. The minimum Gasteiger partial charge on any atom is -0.465 e. The number of hydrogen-bond acceptors (Lipinski definition) is 10. The molecule has 0 radical (unpaired) electrons. The summed E-state index contributed by atoms with van der Waals surface area (Å²) in [4.78, 5) is 4.73. The Hall–Kier alpha value is -3.48. The van der Waals surface area contributed by atoms with Crippen molar-refractivity contribution in [2.75, 3.05) is 20.5 Å². The Morgan fingerprint density at radius 2 is 1.85 bits per heavy atom. The number of hydrogen-bond donors (Lipinski definition) is 1. The summed E-state index contributed by atoms with van der Waals surface area (Å²) in [6.07, 6.45) is 10.6. The van der Waals surface area contributed by atoms with Crippen LogP contribution in [0.3, 0.4) is 0 Å². The summed E-state index contributed by atoms with van der Waals surface area (Å²) in [6.45, 7) is 9.70. The molecule has 0 aromatic carbocycles. The lowest BCUT2D eigenvalue weighted by molar-refractivity contribution is -0.0394. The van der Waals surface area contributed by atoms with Gasteiger partial charge in [0.15, 0.2) is 12.5 Å². The summed E-state index contributed by atoms with van der Waals surface area (Å²) in [5, 5.41) is 26.3. The molecular weight excluding hydrogens is 510 g/mol. The van der Waals surface area contributed by atoms with Crippen LogP contribution in [0.5, 0.6) is 5.75 Å². The zero-order chi connectivity index (χ0) is 27.9. The Balaban J connectivity index is 1.30. The molecule has 0 amide bonds. The molecule has 12 nitrogen and oxygen atoms in total. The number of pyridine rings is 1. The predicted octanol–water partition coefficient (Wildman–Crippen LogP) is 4.31. The van der Waals surface area contributed by atoms with Gasteiger partial charge in [0.1, 0.15) is 23.1 Å². The van der Waals surface area contributed by atoms with Gasteiger partial charge in [0.25, 0.3) is 0 Å². The van der Waals surface area contributed by atoms with Crippen LogP contribution in [-0.2, 0) is 9.47 Å². The molecule has 4 aromatic heterocycles. The fraction of sp³-hybridized carbons (Fsp3) is 0.571. The fourth-order valence-corrected chi connectivity index (χ4v) is 6.16. The van der Waals surface area contributed by atoms with E-state index in [1.165, 1.54) is 0 Å². The molecule has 1 atom stereocenters. The average Bonchev–Trinajstić information content (AvgIpc) is 3.58. The van der Waals surface area contributed by atoms with Crippen molar-refractivity contribution in [3.63, 3.8) is 0 Å². The second kappa shape index (κ2) is 10.5. The van der Waals surface area contributed by atoms with Crippen LogP contribution >= 0.6 is 0 Å². The lowest BCUT2D eigenvalue weighted by atomic mass is 9.80. The van der Waals surface area contributed by atoms with Crippen molar-refractivity contribution < 1.29 is 14.2 Å². The van der Waals surface area contributed by atoms with E-state index < -0.39 is 0 Å². The minimum absolute atomic E-state index is 0.0305. The summed E-state index contributed by atoms with van der Waals surface area (Å²) in [6, 6.07) is 3.95. The standard InChI is InChI=1S/C28H37N9O3/c1-27(2)12-20(13-28(3,4)34-27)37-26-22(32-35-37)11-21(31-33-26)25-23(40-17-38-5)10-18(14-29-25)19-15-30-36(16-19)24-8-6-7-9-39-24/h10-11,14-16,20,24,34H,6-9,12-13,17H2,1-5H3. The van der Waals surface area contributed by atoms with Crippen molar-refractivity contribution >= 4 is 11.2 Å². The van der Waals surface area contributed by atoms with Crippen LogP contribution in [0.1, 0.15) is 72.1 Å². The van der Waals surface area contributed by atoms with E-state index in [1.54, 1.807) is 13.3 Å². The molecule has 1 N–H and O–H groups in total. The zero-order valence-corrected chi connectivity index (χ0v) is 23.8. The highest BCUT2D eigenvalue weighted by molar-refractivity contribution is 5.77. The molecule has 6 heterocycles. The third kappa shape index (κ3) is 5.43. The summed E-state index contributed by atoms with van der Waals surface area (Å²) in [7, 11) is 1.58. The molecular formula is C28H37N9O3. The Morgan fingerprint density at radius 3 is 2.60 bits per heavy atom. The number of ether oxygens (including phenoxy) is 3. The van der Waals surface area contributed by atoms with E-state index in [1.807, 2.05) is 33.9 Å². The first kappa shape index (κ1) is 26.7. The Kier molecular flexibility index (Phi) is 7.01. The Labute approximate surface area is 233 Å². The molecule has 0 aliphatic carbocycles. The van der Waals surface area contributed by atoms with E-state index in [2.05, 4.69) is 58.6 Å². The molecule has 2 aliphatic rings. The van der Waals surface area contributed by atoms with Gasteiger partial charge in [0, 0.05) is 48.3 Å². The molecule has 4 aromatic rings. The maximum Gasteiger partial charge on any atom is 0.201 e. The SMILES string of the molecule is COCOc1cc(-c2cnn(C3CCCCO3)c2)cnc1-c1cc2nnn(C3CC(C)(C)NC(C)(C)C3)c2nn1. The van der Waals surface area contributed by atoms with Crippen LogP contribution < -0.4 is 10.1 Å². The number of methoxy groups -OCH3 is 1. The van der Waals surface area contributed by atoms with Crippen molar-refractivity contribution in [1.82, 2.24) is 45.3 Å². The Morgan fingerprint density at radius 1 is 1.02 bits per heavy atom. The number of nitrogens with one attached hydrogen (secondary N) is 1. The van der Waals surface area contributed by atoms with Gasteiger partial charge in [-0.1, -0.05) is 5.21 Å². The first-order chi connectivity index (χ1) is 19.2. The Bertz CT molecular complexity index is 1470. The molecule has 2 fully saturated rings. The van der Waals surface area contributed by atoms with Crippen LogP contribution in [0.2, 0.25) is 0 Å². The maximum absolute atomic E-state index is 5.93. The van der Waals surface area contributed by atoms with Crippen LogP contribution in [0.25, 0.3) is 33.7 Å². The first-order valence-corrected chi connectivity index (χ1v) is 13.9. The van der Waals surface area contributed by atoms with E-state index in [9.17, 15) is 0 Å². The quantitative estimate of drug-likeness (QED) is 0.334. The van der Waals surface area contributed by atoms with Crippen LogP contribution in [0, 0.1) is 0 Å². The number of nitrogens with zero attached hydrogens (tertiary/aromatic N) is 8. The highest BCUT2D eigenvalue weighted by atomic mass is 16.7. The van der Waals surface area contributed by atoms with Crippen molar-refractivity contribution in [3.05, 3.63) is 30.7 Å². The summed E-state index contributed by atoms with van der Waals surface area (Å²) < 4.78 is 20.8. The van der Waals surface area contributed by atoms with Gasteiger partial charge in [-0.2, -0.15) is 5.10 Å². The number of rotatable bonds is 7. The molecule has 0 spiro atoms. The van der Waals surface area contributed by atoms with Gasteiger partial charge in [0.05, 0.1) is 12.2 Å². The smallest absolute Gasteiger partial charge is 0.201 e. The van der Waals surface area contributed by atoms with Gasteiger partial charge in [-0.25, -0.2) is 14.3 Å². The van der Waals surface area contributed by atoms with Crippen molar-refractivity contribution in [2.24, 2.45) is 0 Å². The summed E-state index contributed by atoms with van der Waals surface area (Å²) >= 11 is 0. The molecule has 40 heavy (non-hydrogen) atoms. The second-order valence-electron chi connectivity index (χ2n) is 12.1. The van der Waals surface area contributed by atoms with Gasteiger partial charge in [-0.3, -0.25) is 0 Å². The fourth-order valence-electron chi connectivity index (χ4n) is 6.16. The highest BCUT2D eigenvalue weighted by Crippen LogP contribution is 2.37. The summed E-state index contributed by atoms with van der Waals surface area (Å²) in [5.74, 6) is 0.531. The van der Waals surface area contributed by atoms with Crippen molar-refractivity contribution in [2.45, 2.75) is 83.1 Å². The van der Waals surface area contributed by atoms with Gasteiger partial charge in [-0.05, 0) is 71.9 Å². The lowest BCUT2D eigenvalue weighted by Crippen LogP contribution is -2.58. The average molecular weight is 548 g/mol. The lowest BCUT2D eigenvalue weighted by Gasteiger charge is -2.46. The molecule has 212 valence electrons. The van der Waals surface area contributed by atoms with Crippen LogP contribution in [-0.4, -0.2) is 71.5 Å². The maximum atomic E-state index is 5.93. The van der Waals surface area contributed by atoms with Gasteiger partial charge in [-0.15, -0.1) is 15.3 Å². The monoisotopic (exact) mass is 547 g/mol. The molecule has 2 saturated heterocycles. The molecule has 1 unspecified atom stereocenters. The predicted molar refractivity (Wildman–Crippen MR) is 148 cm³/mol. The third-order valence-corrected chi connectivity index (χ3v) is 7.55. The van der Waals surface area contributed by atoms with Gasteiger partial charge in [0.2, 0.25) is 5.65 Å². The van der Waals surface area contributed by atoms with E-state index in [0.717, 1.165) is 49.8 Å². The van der Waals surface area contributed by atoms with Crippen molar-refractivity contribution in [3.8, 4) is 28.3 Å². The van der Waals surface area contributed by atoms with E-state index in [0.29, 0.717) is 28.3 Å². The second-order valence-corrected chi connectivity index (χ2v) is 12.1. The number of fused-ring (bicyclic) bond motifs is 1. The van der Waals surface area contributed by atoms with Crippen LogP contribution in [0.4, 0.5) is 0 Å². The van der Waals surface area contributed by atoms with Crippen LogP contribution in [0.15, 0.2) is 30.7 Å². The molecule has 0 bridgehead atoms. The third-order valence-electron chi connectivity index (χ3n) is 7.55. The molecule has 0 saturated carbocycles. The van der Waals surface area contributed by atoms with Crippen molar-refractivity contribution in [1.29, 1.82) is 0 Å². The minimum atomic E-state index is -0.0311. The molecule has 12 heteroatoms. The number of aromatic nitrogens is 8. The van der Waals surface area contributed by atoms with Gasteiger partial charge < -0.3 is 19.5 Å². The summed E-state index contributed by atoms with van der Waals surface area (Å²) in [5.41, 5.74) is 4.16. The molecule has 6 rings (SSSR count). The van der Waals surface area contributed by atoms with E-state index in [4.69, 9.17) is 19.2 Å². The largest absolute Gasteiger partial charge is 0.465 e. The molecule has 2 aliphatic heterocycles. The van der Waals surface area contributed by atoms with E-state index >= 15 is 0 Å². The van der Waals surface area contributed by atoms with Gasteiger partial charge >= 0.3 is 0 Å².